The highest BCUT2D eigenvalue weighted by molar-refractivity contribution is 6.11. The molecule has 9 heteroatoms. The molecule has 1 aromatic heterocycles. The summed E-state index contributed by atoms with van der Waals surface area (Å²) < 4.78 is 45.9. The van der Waals surface area contributed by atoms with Crippen molar-refractivity contribution in [3.05, 3.63) is 53.7 Å². The first-order valence-electron chi connectivity index (χ1n) is 8.69. The second-order valence-corrected chi connectivity index (χ2v) is 6.36. The third-order valence-corrected chi connectivity index (χ3v) is 4.60. The third kappa shape index (κ3) is 4.23. The van der Waals surface area contributed by atoms with Gasteiger partial charge in [0.05, 0.1) is 12.8 Å². The maximum atomic E-state index is 13.7. The number of anilines is 1. The lowest BCUT2D eigenvalue weighted by atomic mass is 10.1. The minimum atomic E-state index is -5.00. The Morgan fingerprint density at radius 2 is 1.66 bits per heavy atom. The van der Waals surface area contributed by atoms with Crippen LogP contribution in [0.3, 0.4) is 0 Å². The number of rotatable bonds is 5. The van der Waals surface area contributed by atoms with E-state index in [1.165, 1.54) is 37.6 Å². The summed E-state index contributed by atoms with van der Waals surface area (Å²) >= 11 is 0. The average Bonchev–Trinajstić information content (AvgIpc) is 3.18. The van der Waals surface area contributed by atoms with E-state index in [-0.39, 0.29) is 28.9 Å². The summed E-state index contributed by atoms with van der Waals surface area (Å²) in [4.78, 5) is 27.6. The van der Waals surface area contributed by atoms with Gasteiger partial charge in [0.25, 0.3) is 5.91 Å². The lowest BCUT2D eigenvalue weighted by Crippen LogP contribution is -2.44. The monoisotopic (exact) mass is 406 g/mol. The van der Waals surface area contributed by atoms with Crippen molar-refractivity contribution in [2.24, 2.45) is 0 Å². The van der Waals surface area contributed by atoms with Gasteiger partial charge in [0.1, 0.15) is 0 Å². The predicted octanol–water partition coefficient (Wildman–Crippen LogP) is 4.18. The molecule has 2 aromatic rings. The topological polar surface area (TPSA) is 79.7 Å². The highest BCUT2D eigenvalue weighted by atomic mass is 19.4. The molecule has 1 aliphatic carbocycles. The summed E-state index contributed by atoms with van der Waals surface area (Å²) in [5, 5.41) is 9.16. The van der Waals surface area contributed by atoms with Crippen LogP contribution in [-0.2, 0) is 9.59 Å². The molecule has 0 radical (unpaired) electrons. The van der Waals surface area contributed by atoms with Crippen LogP contribution in [0.5, 0.6) is 5.88 Å². The SMILES string of the molecule is COc1ccc(-c2ccc(N(C(=O)C3=C(C(=O)O)CCC3)C(F)(F)F)cc2)cn1. The summed E-state index contributed by atoms with van der Waals surface area (Å²) in [5.74, 6) is -2.32. The highest BCUT2D eigenvalue weighted by Crippen LogP contribution is 2.35. The van der Waals surface area contributed by atoms with Crippen molar-refractivity contribution in [3.8, 4) is 17.0 Å². The molecule has 0 saturated carbocycles. The number of carboxylic acid groups (broad SMARTS) is 1. The third-order valence-electron chi connectivity index (χ3n) is 4.60. The fourth-order valence-electron chi connectivity index (χ4n) is 3.20. The van der Waals surface area contributed by atoms with Gasteiger partial charge in [-0.05, 0) is 43.0 Å². The Morgan fingerprint density at radius 1 is 1.03 bits per heavy atom. The van der Waals surface area contributed by atoms with Crippen LogP contribution >= 0.6 is 0 Å². The van der Waals surface area contributed by atoms with Crippen LogP contribution in [0.2, 0.25) is 0 Å². The van der Waals surface area contributed by atoms with Crippen LogP contribution < -0.4 is 9.64 Å². The number of hydrogen-bond acceptors (Lipinski definition) is 4. The molecule has 1 aromatic carbocycles. The molecule has 1 heterocycles. The Morgan fingerprint density at radius 3 is 2.17 bits per heavy atom. The zero-order valence-electron chi connectivity index (χ0n) is 15.4. The molecule has 1 N–H and O–H groups in total. The molecule has 29 heavy (non-hydrogen) atoms. The number of carboxylic acids is 1. The fraction of sp³-hybridized carbons (Fsp3) is 0.250. The lowest BCUT2D eigenvalue weighted by Gasteiger charge is -2.26. The summed E-state index contributed by atoms with van der Waals surface area (Å²) in [5.41, 5.74) is 0.305. The number of alkyl halides is 3. The van der Waals surface area contributed by atoms with Gasteiger partial charge in [-0.1, -0.05) is 12.1 Å². The smallest absolute Gasteiger partial charge is 0.481 e. The molecule has 0 fully saturated rings. The van der Waals surface area contributed by atoms with Gasteiger partial charge in [-0.3, -0.25) is 4.79 Å². The van der Waals surface area contributed by atoms with E-state index in [1.54, 1.807) is 12.1 Å². The molecule has 0 bridgehead atoms. The second-order valence-electron chi connectivity index (χ2n) is 6.36. The number of amides is 1. The maximum Gasteiger partial charge on any atom is 0.491 e. The first kappa shape index (κ1) is 20.4. The number of hydrogen-bond donors (Lipinski definition) is 1. The van der Waals surface area contributed by atoms with Crippen molar-refractivity contribution in [2.45, 2.75) is 25.6 Å². The first-order chi connectivity index (χ1) is 13.7. The van der Waals surface area contributed by atoms with Crippen LogP contribution in [0.4, 0.5) is 18.9 Å². The van der Waals surface area contributed by atoms with Crippen molar-refractivity contribution in [3.63, 3.8) is 0 Å². The first-order valence-corrected chi connectivity index (χ1v) is 8.69. The molecule has 1 aliphatic rings. The molecular formula is C20H17F3N2O4. The number of methoxy groups -OCH3 is 1. The van der Waals surface area contributed by atoms with E-state index in [1.807, 2.05) is 0 Å². The van der Waals surface area contributed by atoms with Gasteiger partial charge in [-0.25, -0.2) is 14.7 Å². The van der Waals surface area contributed by atoms with E-state index in [0.717, 1.165) is 0 Å². The summed E-state index contributed by atoms with van der Waals surface area (Å²) in [6, 6.07) is 8.53. The normalized spacial score (nSPS) is 14.1. The maximum absolute atomic E-state index is 13.7. The van der Waals surface area contributed by atoms with Gasteiger partial charge in [-0.15, -0.1) is 13.2 Å². The standard InChI is InChI=1S/C20H17F3N2O4/c1-29-17-10-7-13(11-24-17)12-5-8-14(9-6-12)25(20(21,22)23)18(26)15-3-2-4-16(15)19(27)28/h5-11H,2-4H2,1H3,(H,27,28). The van der Waals surface area contributed by atoms with Crippen molar-refractivity contribution in [1.82, 2.24) is 4.98 Å². The van der Waals surface area contributed by atoms with E-state index >= 15 is 0 Å². The minimum Gasteiger partial charge on any atom is -0.481 e. The second kappa shape index (κ2) is 7.94. The Kier molecular flexibility index (Phi) is 5.58. The van der Waals surface area contributed by atoms with E-state index in [4.69, 9.17) is 9.84 Å². The van der Waals surface area contributed by atoms with E-state index in [9.17, 15) is 22.8 Å². The Balaban J connectivity index is 1.94. The van der Waals surface area contributed by atoms with Gasteiger partial charge >= 0.3 is 12.3 Å². The molecule has 0 spiro atoms. The van der Waals surface area contributed by atoms with Crippen molar-refractivity contribution in [2.75, 3.05) is 12.0 Å². The lowest BCUT2D eigenvalue weighted by molar-refractivity contribution is -0.148. The Hall–Kier alpha value is -3.36. The molecule has 3 rings (SSSR count). The van der Waals surface area contributed by atoms with Crippen LogP contribution in [0, 0.1) is 0 Å². The van der Waals surface area contributed by atoms with Crippen LogP contribution in [0.1, 0.15) is 19.3 Å². The summed E-state index contributed by atoms with van der Waals surface area (Å²) in [7, 11) is 1.47. The number of nitrogens with zero attached hydrogens (tertiary/aromatic N) is 2. The molecule has 0 unspecified atom stereocenters. The van der Waals surface area contributed by atoms with E-state index in [2.05, 4.69) is 4.98 Å². The quantitative estimate of drug-likeness (QED) is 0.754. The van der Waals surface area contributed by atoms with Crippen molar-refractivity contribution >= 4 is 17.6 Å². The largest absolute Gasteiger partial charge is 0.491 e. The van der Waals surface area contributed by atoms with Crippen molar-refractivity contribution in [1.29, 1.82) is 0 Å². The number of benzene rings is 1. The molecular weight excluding hydrogens is 389 g/mol. The number of ether oxygens (including phenoxy) is 1. The number of pyridine rings is 1. The summed E-state index contributed by atoms with van der Waals surface area (Å²) in [6.45, 7) is 0. The molecule has 152 valence electrons. The van der Waals surface area contributed by atoms with Gasteiger partial charge in [0.2, 0.25) is 5.88 Å². The van der Waals surface area contributed by atoms with Gasteiger partial charge in [0, 0.05) is 29.0 Å². The number of carbonyl (C=O) groups excluding carboxylic acids is 1. The molecule has 0 aliphatic heterocycles. The fourth-order valence-corrected chi connectivity index (χ4v) is 3.20. The zero-order chi connectivity index (χ0) is 21.2. The predicted molar refractivity (Wildman–Crippen MR) is 98.3 cm³/mol. The van der Waals surface area contributed by atoms with Gasteiger partial charge in [-0.2, -0.15) is 0 Å². The van der Waals surface area contributed by atoms with Crippen LogP contribution in [-0.4, -0.2) is 35.4 Å². The zero-order valence-corrected chi connectivity index (χ0v) is 15.4. The summed E-state index contributed by atoms with van der Waals surface area (Å²) in [6.07, 6.45) is -3.07. The Bertz CT molecular complexity index is 951. The number of carbonyl (C=O) groups is 2. The molecule has 6 nitrogen and oxygen atoms in total. The minimum absolute atomic E-state index is 0.00263. The van der Waals surface area contributed by atoms with Gasteiger partial charge < -0.3 is 9.84 Å². The molecule has 0 saturated heterocycles. The molecule has 0 atom stereocenters. The van der Waals surface area contributed by atoms with E-state index in [0.29, 0.717) is 23.4 Å². The number of aromatic nitrogens is 1. The number of aliphatic carboxylic acids is 1. The van der Waals surface area contributed by atoms with E-state index < -0.39 is 23.9 Å². The van der Waals surface area contributed by atoms with Crippen LogP contribution in [0.25, 0.3) is 11.1 Å². The Labute approximate surface area is 164 Å². The van der Waals surface area contributed by atoms with Gasteiger partial charge in [0.15, 0.2) is 0 Å². The van der Waals surface area contributed by atoms with Crippen LogP contribution in [0.15, 0.2) is 53.7 Å². The number of halogens is 3. The average molecular weight is 406 g/mol. The van der Waals surface area contributed by atoms with Crippen molar-refractivity contribution < 1.29 is 32.6 Å². The highest BCUT2D eigenvalue weighted by Gasteiger charge is 2.44. The molecule has 1 amide bonds.